The predicted molar refractivity (Wildman–Crippen MR) is 97.9 cm³/mol. The van der Waals surface area contributed by atoms with Gasteiger partial charge >= 0.3 is 5.97 Å². The average molecular weight is 388 g/mol. The summed E-state index contributed by atoms with van der Waals surface area (Å²) in [7, 11) is 0. The first-order chi connectivity index (χ1) is 12.9. The Morgan fingerprint density at radius 2 is 2.11 bits per heavy atom. The van der Waals surface area contributed by atoms with Crippen LogP contribution in [-0.4, -0.2) is 58.8 Å². The molecule has 2 aliphatic rings. The van der Waals surface area contributed by atoms with Gasteiger partial charge in [0, 0.05) is 24.4 Å². The second kappa shape index (κ2) is 6.32. The monoisotopic (exact) mass is 388 g/mol. The van der Waals surface area contributed by atoms with E-state index in [0.29, 0.717) is 28.9 Å². The highest BCUT2D eigenvalue weighted by atomic mass is 32.2. The number of hydrogen-bond acceptors (Lipinski definition) is 7. The molecule has 1 aromatic carbocycles. The number of allylic oxidation sites excluding steroid dienone is 2. The number of phenols is 2. The molecule has 1 fully saturated rings. The van der Waals surface area contributed by atoms with Crippen molar-refractivity contribution in [1.29, 1.82) is 0 Å². The van der Waals surface area contributed by atoms with E-state index in [2.05, 4.69) is 4.98 Å². The average Bonchev–Trinajstić information content (AvgIpc) is 3.02. The third-order valence-corrected chi connectivity index (χ3v) is 5.90. The molecule has 5 N–H and O–H groups in total. The molecule has 2 atom stereocenters. The van der Waals surface area contributed by atoms with Crippen LogP contribution in [0.15, 0.2) is 41.9 Å². The van der Waals surface area contributed by atoms with E-state index in [-0.39, 0.29) is 28.5 Å². The molecular formula is C17H16N4O5S. The van der Waals surface area contributed by atoms with Gasteiger partial charge in [0.25, 0.3) is 0 Å². The number of carbonyl (C=O) groups is 2. The number of carbonyl (C=O) groups excluding carboxylic acids is 1. The van der Waals surface area contributed by atoms with E-state index >= 15 is 0 Å². The number of rotatable bonds is 4. The molecule has 2 aromatic rings. The fourth-order valence-electron chi connectivity index (χ4n) is 3.20. The Morgan fingerprint density at radius 3 is 2.85 bits per heavy atom. The summed E-state index contributed by atoms with van der Waals surface area (Å²) in [6, 6.07) is 2.12. The van der Waals surface area contributed by atoms with Crippen molar-refractivity contribution in [2.24, 2.45) is 5.73 Å². The minimum absolute atomic E-state index is 0.0280. The van der Waals surface area contributed by atoms with E-state index in [1.807, 2.05) is 0 Å². The van der Waals surface area contributed by atoms with Crippen molar-refractivity contribution in [2.75, 3.05) is 5.75 Å². The van der Waals surface area contributed by atoms with Gasteiger partial charge in [0.15, 0.2) is 11.5 Å². The van der Waals surface area contributed by atoms with Crippen LogP contribution in [0.2, 0.25) is 0 Å². The molecule has 0 saturated carbocycles. The van der Waals surface area contributed by atoms with Gasteiger partial charge in [-0.25, -0.2) is 9.78 Å². The molecule has 1 saturated heterocycles. The van der Waals surface area contributed by atoms with Crippen molar-refractivity contribution >= 4 is 34.7 Å². The molecule has 0 aliphatic carbocycles. The van der Waals surface area contributed by atoms with Gasteiger partial charge in [-0.2, -0.15) is 0 Å². The topological polar surface area (TPSA) is 142 Å². The third-order valence-electron chi connectivity index (χ3n) is 4.58. The number of aromatic nitrogens is 2. The molecule has 9 nitrogen and oxygen atoms in total. The normalized spacial score (nSPS) is 22.4. The zero-order valence-electron chi connectivity index (χ0n) is 13.9. The summed E-state index contributed by atoms with van der Waals surface area (Å²) in [6.45, 7) is 0.374. The smallest absolute Gasteiger partial charge is 0.352 e. The fourth-order valence-corrected chi connectivity index (χ4v) is 4.47. The number of aliphatic carboxylic acids is 1. The summed E-state index contributed by atoms with van der Waals surface area (Å²) in [5.74, 6) is -1.59. The van der Waals surface area contributed by atoms with Gasteiger partial charge in [0.1, 0.15) is 17.1 Å². The van der Waals surface area contributed by atoms with Crippen LogP contribution < -0.4 is 5.73 Å². The Bertz CT molecular complexity index is 1030. The van der Waals surface area contributed by atoms with Crippen LogP contribution in [0.4, 0.5) is 0 Å². The number of amides is 1. The van der Waals surface area contributed by atoms with Crippen LogP contribution in [0, 0.1) is 0 Å². The van der Waals surface area contributed by atoms with Crippen LogP contribution in [-0.2, 0) is 16.1 Å². The van der Waals surface area contributed by atoms with Crippen molar-refractivity contribution in [2.45, 2.75) is 18.0 Å². The number of nitrogens with zero attached hydrogens (tertiary/aromatic N) is 3. The van der Waals surface area contributed by atoms with Gasteiger partial charge in [-0.15, -0.1) is 11.8 Å². The molecule has 140 valence electrons. The van der Waals surface area contributed by atoms with Crippen molar-refractivity contribution in [1.82, 2.24) is 14.5 Å². The molecule has 3 heterocycles. The number of carboxylic acid groups (broad SMARTS) is 1. The van der Waals surface area contributed by atoms with Gasteiger partial charge < -0.3 is 25.6 Å². The second-order valence-corrected chi connectivity index (χ2v) is 7.35. The Morgan fingerprint density at radius 1 is 1.37 bits per heavy atom. The maximum Gasteiger partial charge on any atom is 0.352 e. The Hall–Kier alpha value is -2.98. The number of fused-ring (bicyclic) bond motifs is 2. The lowest BCUT2D eigenvalue weighted by atomic mass is 10.0. The summed E-state index contributed by atoms with van der Waals surface area (Å²) in [5, 5.41) is 28.4. The first kappa shape index (κ1) is 17.4. The maximum atomic E-state index is 11.9. The van der Waals surface area contributed by atoms with Gasteiger partial charge in [-0.1, -0.05) is 12.2 Å². The van der Waals surface area contributed by atoms with Gasteiger partial charge in [-0.3, -0.25) is 9.69 Å². The maximum absolute atomic E-state index is 11.9. The quantitative estimate of drug-likeness (QED) is 0.440. The molecule has 1 amide bonds. The van der Waals surface area contributed by atoms with Crippen LogP contribution in [0.3, 0.4) is 0 Å². The van der Waals surface area contributed by atoms with E-state index < -0.39 is 12.0 Å². The number of β-lactam (4-membered cyclic amide) rings is 1. The van der Waals surface area contributed by atoms with Crippen molar-refractivity contribution in [3.05, 3.63) is 41.9 Å². The van der Waals surface area contributed by atoms with Crippen LogP contribution in [0.1, 0.15) is 0 Å². The molecule has 10 heteroatoms. The van der Waals surface area contributed by atoms with Gasteiger partial charge in [-0.05, 0) is 5.57 Å². The Balaban J connectivity index is 1.60. The zero-order valence-corrected chi connectivity index (χ0v) is 14.8. The third kappa shape index (κ3) is 2.73. The summed E-state index contributed by atoms with van der Waals surface area (Å²) in [4.78, 5) is 29.0. The summed E-state index contributed by atoms with van der Waals surface area (Å²) >= 11 is 1.44. The van der Waals surface area contributed by atoms with Crippen LogP contribution in [0.5, 0.6) is 11.5 Å². The number of aromatic hydroxyl groups is 2. The zero-order chi connectivity index (χ0) is 19.3. The minimum Gasteiger partial charge on any atom is -0.504 e. The number of imidazole rings is 1. The number of benzene rings is 1. The predicted octanol–water partition coefficient (Wildman–Crippen LogP) is 0.585. The summed E-state index contributed by atoms with van der Waals surface area (Å²) in [5.41, 5.74) is 7.40. The highest BCUT2D eigenvalue weighted by molar-refractivity contribution is 8.00. The number of nitrogens with two attached hydrogens (primary N) is 1. The molecule has 1 unspecified atom stereocenters. The largest absolute Gasteiger partial charge is 0.504 e. The van der Waals surface area contributed by atoms with Crippen molar-refractivity contribution < 1.29 is 24.9 Å². The molecule has 0 radical (unpaired) electrons. The second-order valence-electron chi connectivity index (χ2n) is 6.24. The molecule has 0 bridgehead atoms. The molecule has 4 rings (SSSR count). The highest BCUT2D eigenvalue weighted by Gasteiger charge is 2.51. The Kier molecular flexibility index (Phi) is 4.08. The summed E-state index contributed by atoms with van der Waals surface area (Å²) < 4.78 is 1.75. The van der Waals surface area contributed by atoms with Crippen LogP contribution in [0.25, 0.3) is 11.0 Å². The molecule has 2 aliphatic heterocycles. The van der Waals surface area contributed by atoms with E-state index in [1.165, 1.54) is 28.8 Å². The first-order valence-electron chi connectivity index (χ1n) is 8.08. The molecule has 0 spiro atoms. The van der Waals surface area contributed by atoms with E-state index in [1.54, 1.807) is 23.0 Å². The highest BCUT2D eigenvalue weighted by Crippen LogP contribution is 2.39. The van der Waals surface area contributed by atoms with Crippen LogP contribution >= 0.6 is 11.8 Å². The minimum atomic E-state index is -1.16. The Labute approximate surface area is 157 Å². The summed E-state index contributed by atoms with van der Waals surface area (Å²) in [6.07, 6.45) is 4.99. The lowest BCUT2D eigenvalue weighted by molar-refractivity contribution is -0.147. The standard InChI is InChI=1S/C17H16N4O5S/c18-13-15(24)21-14(17(25)26)8(6-27-16(13)21)2-1-3-20-7-19-9-4-11(22)12(23)5-10(9)20/h1-2,4-5,7,13,16,22-23H,3,6,18H2,(H,25,26)/b2-1+/t13?,16-/m0/s1. The number of carboxylic acids is 1. The van der Waals surface area contributed by atoms with E-state index in [9.17, 15) is 24.9 Å². The lowest BCUT2D eigenvalue weighted by Crippen LogP contribution is -2.68. The first-order valence-corrected chi connectivity index (χ1v) is 9.13. The van der Waals surface area contributed by atoms with Gasteiger partial charge in [0.05, 0.1) is 17.4 Å². The van der Waals surface area contributed by atoms with Gasteiger partial charge in [0.2, 0.25) is 5.91 Å². The molecular weight excluding hydrogens is 372 g/mol. The van der Waals surface area contributed by atoms with E-state index in [0.717, 1.165) is 0 Å². The molecule has 27 heavy (non-hydrogen) atoms. The van der Waals surface area contributed by atoms with E-state index in [4.69, 9.17) is 5.73 Å². The number of thioether (sulfide) groups is 1. The van der Waals surface area contributed by atoms with Crippen molar-refractivity contribution in [3.63, 3.8) is 0 Å². The number of phenolic OH excluding ortho intramolecular Hbond substituents is 2. The SMILES string of the molecule is NC1C(=O)N2C(C(=O)O)=C(/C=C/Cn3cnc4cc(O)c(O)cc43)CS[C@@H]12. The lowest BCUT2D eigenvalue weighted by Gasteiger charge is -2.47. The number of hydrogen-bond donors (Lipinski definition) is 4. The fraction of sp³-hybridized carbons (Fsp3) is 0.235. The molecule has 1 aromatic heterocycles. The van der Waals surface area contributed by atoms with Crippen molar-refractivity contribution in [3.8, 4) is 11.5 Å².